The first-order chi connectivity index (χ1) is 5.31. The molecule has 2 aliphatic rings. The van der Waals surface area contributed by atoms with E-state index in [4.69, 9.17) is 14.2 Å². The molecule has 0 aromatic heterocycles. The van der Waals surface area contributed by atoms with Crippen molar-refractivity contribution in [3.8, 4) is 0 Å². The van der Waals surface area contributed by atoms with Crippen molar-refractivity contribution >= 4 is 0 Å². The molecule has 0 aromatic rings. The van der Waals surface area contributed by atoms with Gasteiger partial charge in [-0.05, 0) is 12.3 Å². The summed E-state index contributed by atoms with van der Waals surface area (Å²) in [5.41, 5.74) is 0. The summed E-state index contributed by atoms with van der Waals surface area (Å²) in [5, 5.41) is 0. The lowest BCUT2D eigenvalue weighted by Gasteiger charge is -2.33. The Hall–Kier alpha value is -0.120. The van der Waals surface area contributed by atoms with Crippen molar-refractivity contribution in [1.29, 1.82) is 0 Å². The van der Waals surface area contributed by atoms with Crippen molar-refractivity contribution in [2.24, 2.45) is 5.92 Å². The van der Waals surface area contributed by atoms with Crippen molar-refractivity contribution < 1.29 is 14.2 Å². The van der Waals surface area contributed by atoms with Gasteiger partial charge in [0, 0.05) is 6.42 Å². The molecular formula is C8H14O3. The van der Waals surface area contributed by atoms with Crippen LogP contribution in [0.3, 0.4) is 0 Å². The molecule has 0 amide bonds. The molecule has 64 valence electrons. The van der Waals surface area contributed by atoms with Gasteiger partial charge in [-0.2, -0.15) is 0 Å². The second-order valence-corrected chi connectivity index (χ2v) is 3.33. The summed E-state index contributed by atoms with van der Waals surface area (Å²) < 4.78 is 16.3. The third-order valence-corrected chi connectivity index (χ3v) is 2.26. The van der Waals surface area contributed by atoms with Crippen LogP contribution in [0.1, 0.15) is 19.8 Å². The van der Waals surface area contributed by atoms with Crippen LogP contribution in [0.2, 0.25) is 0 Å². The zero-order valence-corrected chi connectivity index (χ0v) is 6.84. The molecule has 0 bridgehead atoms. The van der Waals surface area contributed by atoms with Crippen LogP contribution in [0.15, 0.2) is 0 Å². The minimum Gasteiger partial charge on any atom is -0.327 e. The molecule has 1 unspecified atom stereocenters. The van der Waals surface area contributed by atoms with Gasteiger partial charge in [0.15, 0.2) is 0 Å². The van der Waals surface area contributed by atoms with Crippen LogP contribution in [0.4, 0.5) is 0 Å². The molecule has 3 nitrogen and oxygen atoms in total. The predicted octanol–water partition coefficient (Wildman–Crippen LogP) is 1.13. The van der Waals surface area contributed by atoms with E-state index in [9.17, 15) is 0 Å². The summed E-state index contributed by atoms with van der Waals surface area (Å²) >= 11 is 0. The van der Waals surface area contributed by atoms with Gasteiger partial charge in [-0.1, -0.05) is 6.92 Å². The largest absolute Gasteiger partial charge is 0.327 e. The Kier molecular flexibility index (Phi) is 1.87. The summed E-state index contributed by atoms with van der Waals surface area (Å²) in [7, 11) is 0. The lowest BCUT2D eigenvalue weighted by atomic mass is 10.0. The Balaban J connectivity index is 1.94. The maximum absolute atomic E-state index is 5.49. The van der Waals surface area contributed by atoms with Crippen LogP contribution in [0.25, 0.3) is 0 Å². The fraction of sp³-hybridized carbons (Fsp3) is 1.00. The summed E-state index contributed by atoms with van der Waals surface area (Å²) in [6.07, 6.45) is 2.02. The van der Waals surface area contributed by atoms with E-state index >= 15 is 0 Å². The quantitative estimate of drug-likeness (QED) is 0.529. The number of hydrogen-bond donors (Lipinski definition) is 0. The molecule has 0 saturated carbocycles. The van der Waals surface area contributed by atoms with Gasteiger partial charge < -0.3 is 14.2 Å². The van der Waals surface area contributed by atoms with Gasteiger partial charge >= 0.3 is 0 Å². The predicted molar refractivity (Wildman–Crippen MR) is 39.0 cm³/mol. The van der Waals surface area contributed by atoms with Crippen LogP contribution < -0.4 is 0 Å². The molecule has 3 heteroatoms. The van der Waals surface area contributed by atoms with Gasteiger partial charge in [0.1, 0.15) is 0 Å². The molecular weight excluding hydrogens is 144 g/mol. The topological polar surface area (TPSA) is 27.7 Å². The molecule has 2 saturated heterocycles. The third-order valence-electron chi connectivity index (χ3n) is 2.26. The minimum absolute atomic E-state index is 0.646. The number of rotatable bonds is 0. The summed E-state index contributed by atoms with van der Waals surface area (Å²) in [5.74, 6) is 0.000370. The van der Waals surface area contributed by atoms with Crippen molar-refractivity contribution in [3.05, 3.63) is 0 Å². The van der Waals surface area contributed by atoms with Gasteiger partial charge in [-0.25, -0.2) is 0 Å². The second-order valence-electron chi connectivity index (χ2n) is 3.33. The van der Waals surface area contributed by atoms with Gasteiger partial charge in [-0.15, -0.1) is 0 Å². The third kappa shape index (κ3) is 1.41. The van der Waals surface area contributed by atoms with E-state index in [0.717, 1.165) is 19.4 Å². The first-order valence-electron chi connectivity index (χ1n) is 4.23. The second kappa shape index (κ2) is 2.73. The normalized spacial score (nSPS) is 36.3. The van der Waals surface area contributed by atoms with E-state index in [1.165, 1.54) is 0 Å². The SMILES string of the molecule is CC1CCC2(OCCO2)OC1. The molecule has 1 spiro atoms. The summed E-state index contributed by atoms with van der Waals surface area (Å²) in [4.78, 5) is 0. The van der Waals surface area contributed by atoms with Crippen molar-refractivity contribution in [1.82, 2.24) is 0 Å². The van der Waals surface area contributed by atoms with Gasteiger partial charge in [-0.3, -0.25) is 0 Å². The smallest absolute Gasteiger partial charge is 0.283 e. The Bertz CT molecular complexity index is 130. The minimum atomic E-state index is -0.646. The van der Waals surface area contributed by atoms with Crippen molar-refractivity contribution in [2.75, 3.05) is 19.8 Å². The van der Waals surface area contributed by atoms with E-state index in [-0.39, 0.29) is 0 Å². The highest BCUT2D eigenvalue weighted by molar-refractivity contribution is 4.70. The standard InChI is InChI=1S/C8H14O3/c1-7-2-3-8(11-6-7)9-4-5-10-8/h7H,2-6H2,1H3. The van der Waals surface area contributed by atoms with Crippen LogP contribution >= 0.6 is 0 Å². The maximum Gasteiger partial charge on any atom is 0.283 e. The van der Waals surface area contributed by atoms with Gasteiger partial charge in [0.2, 0.25) is 0 Å². The highest BCUT2D eigenvalue weighted by Crippen LogP contribution is 2.32. The van der Waals surface area contributed by atoms with E-state index in [1.54, 1.807) is 0 Å². The highest BCUT2D eigenvalue weighted by atomic mass is 16.9. The summed E-state index contributed by atoms with van der Waals surface area (Å²) in [6, 6.07) is 0. The maximum atomic E-state index is 5.49. The highest BCUT2D eigenvalue weighted by Gasteiger charge is 2.40. The van der Waals surface area contributed by atoms with Crippen LogP contribution in [-0.4, -0.2) is 25.8 Å². The average molecular weight is 158 g/mol. The number of hydrogen-bond acceptors (Lipinski definition) is 3. The number of ether oxygens (including phenoxy) is 3. The lowest BCUT2D eigenvalue weighted by Crippen LogP contribution is -2.39. The molecule has 2 fully saturated rings. The molecule has 2 aliphatic heterocycles. The first-order valence-corrected chi connectivity index (χ1v) is 4.23. The Morgan fingerprint density at radius 2 is 1.91 bits per heavy atom. The van der Waals surface area contributed by atoms with Crippen molar-refractivity contribution in [3.63, 3.8) is 0 Å². The van der Waals surface area contributed by atoms with E-state index < -0.39 is 5.97 Å². The monoisotopic (exact) mass is 158 g/mol. The zero-order chi connectivity index (χ0) is 7.73. The van der Waals surface area contributed by atoms with E-state index in [0.29, 0.717) is 19.1 Å². The Morgan fingerprint density at radius 1 is 1.18 bits per heavy atom. The molecule has 0 N–H and O–H groups in total. The molecule has 2 rings (SSSR count). The van der Waals surface area contributed by atoms with Crippen LogP contribution in [0.5, 0.6) is 0 Å². The lowest BCUT2D eigenvalue weighted by molar-refractivity contribution is -0.351. The fourth-order valence-corrected chi connectivity index (χ4v) is 1.51. The molecule has 11 heavy (non-hydrogen) atoms. The van der Waals surface area contributed by atoms with E-state index in [1.807, 2.05) is 0 Å². The fourth-order valence-electron chi connectivity index (χ4n) is 1.51. The van der Waals surface area contributed by atoms with E-state index in [2.05, 4.69) is 6.92 Å². The molecule has 0 aromatic carbocycles. The van der Waals surface area contributed by atoms with Gasteiger partial charge in [0.05, 0.1) is 19.8 Å². The van der Waals surface area contributed by atoms with Gasteiger partial charge in [0.25, 0.3) is 5.97 Å². The molecule has 0 radical (unpaired) electrons. The summed E-state index contributed by atoms with van der Waals surface area (Å²) in [6.45, 7) is 4.30. The average Bonchev–Trinajstić information content (AvgIpc) is 2.45. The van der Waals surface area contributed by atoms with Crippen LogP contribution in [-0.2, 0) is 14.2 Å². The molecule has 2 heterocycles. The van der Waals surface area contributed by atoms with Crippen LogP contribution in [0, 0.1) is 5.92 Å². The zero-order valence-electron chi connectivity index (χ0n) is 6.84. The molecule has 1 atom stereocenters. The Labute approximate surface area is 66.6 Å². The van der Waals surface area contributed by atoms with Crippen molar-refractivity contribution in [2.45, 2.75) is 25.7 Å². The Morgan fingerprint density at radius 3 is 2.45 bits per heavy atom. The molecule has 0 aliphatic carbocycles. The first kappa shape index (κ1) is 7.53.